The highest BCUT2D eigenvalue weighted by molar-refractivity contribution is 5.94. The Hall–Kier alpha value is -2.80. The standard InChI is InChI=1S/C15H14N4O3/c1-19-8-14(21)10-6-11(13(20)7-12(10)19)17-18-15(22)9-2-4-16-5-3-9/h2-7,14,20-21H,8H2,1H3. The summed E-state index contributed by atoms with van der Waals surface area (Å²) >= 11 is 0. The lowest BCUT2D eigenvalue weighted by atomic mass is 10.1. The number of aromatic nitrogens is 1. The van der Waals surface area contributed by atoms with Gasteiger partial charge in [0.15, 0.2) is 0 Å². The molecule has 7 heteroatoms. The summed E-state index contributed by atoms with van der Waals surface area (Å²) in [6, 6.07) is 6.12. The molecular formula is C15H14N4O3. The molecule has 112 valence electrons. The van der Waals surface area contributed by atoms with Gasteiger partial charge < -0.3 is 15.1 Å². The van der Waals surface area contributed by atoms with Gasteiger partial charge in [-0.25, -0.2) is 0 Å². The SMILES string of the molecule is CN1CC(O)c2cc(N=NC(=O)c3ccncc3)c(O)cc21. The molecule has 7 nitrogen and oxygen atoms in total. The van der Waals surface area contributed by atoms with E-state index in [2.05, 4.69) is 15.2 Å². The second-order valence-corrected chi connectivity index (χ2v) is 5.04. The van der Waals surface area contributed by atoms with Crippen LogP contribution in [-0.2, 0) is 0 Å². The molecule has 1 unspecified atom stereocenters. The van der Waals surface area contributed by atoms with Crippen LogP contribution < -0.4 is 4.90 Å². The van der Waals surface area contributed by atoms with Crippen molar-refractivity contribution < 1.29 is 15.0 Å². The number of aliphatic hydroxyl groups is 1. The second-order valence-electron chi connectivity index (χ2n) is 5.04. The third-order valence-electron chi connectivity index (χ3n) is 3.52. The number of likely N-dealkylation sites (N-methyl/N-ethyl adjacent to an activating group) is 1. The molecule has 0 fully saturated rings. The number of benzene rings is 1. The molecule has 2 N–H and O–H groups in total. The van der Waals surface area contributed by atoms with Crippen LogP contribution in [0.5, 0.6) is 5.75 Å². The Kier molecular flexibility index (Phi) is 3.56. The first kappa shape index (κ1) is 14.2. The van der Waals surface area contributed by atoms with Crippen LogP contribution in [0.4, 0.5) is 11.4 Å². The van der Waals surface area contributed by atoms with Gasteiger partial charge in [0, 0.05) is 48.9 Å². The normalized spacial score (nSPS) is 17.0. The van der Waals surface area contributed by atoms with E-state index in [-0.39, 0.29) is 11.4 Å². The minimum absolute atomic E-state index is 0.0917. The van der Waals surface area contributed by atoms with Crippen LogP contribution in [0.15, 0.2) is 46.9 Å². The number of nitrogens with zero attached hydrogens (tertiary/aromatic N) is 4. The van der Waals surface area contributed by atoms with Crippen molar-refractivity contribution in [2.75, 3.05) is 18.5 Å². The molecular weight excluding hydrogens is 284 g/mol. The first-order valence-corrected chi connectivity index (χ1v) is 6.68. The van der Waals surface area contributed by atoms with Crippen molar-refractivity contribution in [3.05, 3.63) is 47.8 Å². The summed E-state index contributed by atoms with van der Waals surface area (Å²) < 4.78 is 0. The zero-order valence-electron chi connectivity index (χ0n) is 11.8. The topological polar surface area (TPSA) is 98.4 Å². The third-order valence-corrected chi connectivity index (χ3v) is 3.52. The van der Waals surface area contributed by atoms with Crippen molar-refractivity contribution in [3.8, 4) is 5.75 Å². The van der Waals surface area contributed by atoms with Crippen molar-refractivity contribution >= 4 is 17.3 Å². The number of amides is 1. The summed E-state index contributed by atoms with van der Waals surface area (Å²) in [5, 5.41) is 27.3. The van der Waals surface area contributed by atoms with Crippen LogP contribution in [0.25, 0.3) is 0 Å². The molecule has 2 heterocycles. The van der Waals surface area contributed by atoms with Crippen molar-refractivity contribution in [2.45, 2.75) is 6.10 Å². The number of rotatable bonds is 2. The average Bonchev–Trinajstić information content (AvgIpc) is 2.79. The fraction of sp³-hybridized carbons (Fsp3) is 0.200. The molecule has 1 aliphatic heterocycles. The quantitative estimate of drug-likeness (QED) is 0.828. The second kappa shape index (κ2) is 5.53. The number of pyridine rings is 1. The first-order valence-electron chi connectivity index (χ1n) is 6.68. The highest BCUT2D eigenvalue weighted by Crippen LogP contribution is 2.41. The zero-order valence-corrected chi connectivity index (χ0v) is 11.8. The molecule has 1 aromatic heterocycles. The number of anilines is 1. The van der Waals surface area contributed by atoms with Gasteiger partial charge in [-0.05, 0) is 18.2 Å². The van der Waals surface area contributed by atoms with Crippen molar-refractivity contribution in [2.24, 2.45) is 10.2 Å². The molecule has 22 heavy (non-hydrogen) atoms. The fourth-order valence-electron chi connectivity index (χ4n) is 2.37. The van der Waals surface area contributed by atoms with Gasteiger partial charge in [0.1, 0.15) is 11.4 Å². The molecule has 0 saturated heterocycles. The number of carbonyl (C=O) groups excluding carboxylic acids is 1. The average molecular weight is 298 g/mol. The monoisotopic (exact) mass is 298 g/mol. The molecule has 1 amide bonds. The molecule has 0 spiro atoms. The number of aromatic hydroxyl groups is 1. The van der Waals surface area contributed by atoms with Crippen LogP contribution in [0.1, 0.15) is 22.0 Å². The van der Waals surface area contributed by atoms with E-state index >= 15 is 0 Å². The summed E-state index contributed by atoms with van der Waals surface area (Å²) in [4.78, 5) is 17.5. The number of phenols is 1. The van der Waals surface area contributed by atoms with E-state index in [0.717, 1.165) is 5.69 Å². The summed E-state index contributed by atoms with van der Waals surface area (Å²) in [6.45, 7) is 0.450. The van der Waals surface area contributed by atoms with Crippen LogP contribution in [0.2, 0.25) is 0 Å². The van der Waals surface area contributed by atoms with Gasteiger partial charge in [0.25, 0.3) is 5.91 Å². The van der Waals surface area contributed by atoms with Gasteiger partial charge in [0.05, 0.1) is 6.10 Å². The summed E-state index contributed by atoms with van der Waals surface area (Å²) in [5.74, 6) is -0.619. The molecule has 1 aliphatic rings. The Morgan fingerprint density at radius 1 is 1.36 bits per heavy atom. The maximum atomic E-state index is 11.9. The van der Waals surface area contributed by atoms with Crippen molar-refractivity contribution in [1.29, 1.82) is 0 Å². The van der Waals surface area contributed by atoms with Gasteiger partial charge in [-0.15, -0.1) is 10.2 Å². The van der Waals surface area contributed by atoms with Gasteiger partial charge in [-0.1, -0.05) is 0 Å². The number of azo groups is 1. The summed E-state index contributed by atoms with van der Waals surface area (Å²) in [5.41, 5.74) is 1.91. The molecule has 1 atom stereocenters. The van der Waals surface area contributed by atoms with E-state index in [1.54, 1.807) is 6.07 Å². The summed E-state index contributed by atoms with van der Waals surface area (Å²) in [7, 11) is 1.82. The fourth-order valence-corrected chi connectivity index (χ4v) is 2.37. The number of aliphatic hydroxyl groups excluding tert-OH is 1. The molecule has 1 aromatic carbocycles. The van der Waals surface area contributed by atoms with Crippen LogP contribution >= 0.6 is 0 Å². The van der Waals surface area contributed by atoms with E-state index in [1.807, 2.05) is 11.9 Å². The predicted molar refractivity (Wildman–Crippen MR) is 79.4 cm³/mol. The Labute approximate surface area is 126 Å². The number of fused-ring (bicyclic) bond motifs is 1. The van der Waals surface area contributed by atoms with Crippen LogP contribution in [-0.4, -0.2) is 34.7 Å². The Morgan fingerprint density at radius 3 is 2.82 bits per heavy atom. The minimum Gasteiger partial charge on any atom is -0.506 e. The number of hydrogen-bond donors (Lipinski definition) is 2. The lowest BCUT2D eigenvalue weighted by molar-refractivity contribution is 0.0995. The smallest absolute Gasteiger partial charge is 0.295 e. The molecule has 0 radical (unpaired) electrons. The lowest BCUT2D eigenvalue weighted by Gasteiger charge is -2.11. The Bertz CT molecular complexity index is 746. The van der Waals surface area contributed by atoms with E-state index in [9.17, 15) is 15.0 Å². The molecule has 0 aliphatic carbocycles. The van der Waals surface area contributed by atoms with Crippen molar-refractivity contribution in [3.63, 3.8) is 0 Å². The first-order chi connectivity index (χ1) is 10.6. The minimum atomic E-state index is -0.648. The van der Waals surface area contributed by atoms with Crippen LogP contribution in [0.3, 0.4) is 0 Å². The van der Waals surface area contributed by atoms with Gasteiger partial charge in [-0.2, -0.15) is 0 Å². The molecule has 2 aromatic rings. The van der Waals surface area contributed by atoms with E-state index in [1.165, 1.54) is 30.6 Å². The number of phenolic OH excluding ortho intramolecular Hbond substituents is 1. The summed E-state index contributed by atoms with van der Waals surface area (Å²) in [6.07, 6.45) is 2.33. The molecule has 0 bridgehead atoms. The predicted octanol–water partition coefficient (Wildman–Crippen LogP) is 2.19. The zero-order chi connectivity index (χ0) is 15.7. The number of carbonyl (C=O) groups is 1. The third kappa shape index (κ3) is 2.53. The highest BCUT2D eigenvalue weighted by atomic mass is 16.3. The Morgan fingerprint density at radius 2 is 2.09 bits per heavy atom. The van der Waals surface area contributed by atoms with E-state index < -0.39 is 12.0 Å². The highest BCUT2D eigenvalue weighted by Gasteiger charge is 2.26. The maximum Gasteiger partial charge on any atom is 0.295 e. The number of β-amino-alcohol motifs (C(OH)–C–C–N with tert-alkyl or cyclic N) is 1. The largest absolute Gasteiger partial charge is 0.506 e. The lowest BCUT2D eigenvalue weighted by Crippen LogP contribution is -2.14. The van der Waals surface area contributed by atoms with Crippen LogP contribution in [0, 0.1) is 0 Å². The molecule has 3 rings (SSSR count). The maximum absolute atomic E-state index is 11.9. The molecule has 0 saturated carbocycles. The van der Waals surface area contributed by atoms with Crippen molar-refractivity contribution in [1.82, 2.24) is 4.98 Å². The van der Waals surface area contributed by atoms with Gasteiger partial charge >= 0.3 is 0 Å². The van der Waals surface area contributed by atoms with E-state index in [0.29, 0.717) is 17.7 Å². The van der Waals surface area contributed by atoms with Gasteiger partial charge in [-0.3, -0.25) is 9.78 Å². The van der Waals surface area contributed by atoms with E-state index in [4.69, 9.17) is 0 Å². The van der Waals surface area contributed by atoms with Gasteiger partial charge in [0.2, 0.25) is 0 Å². The number of hydrogen-bond acceptors (Lipinski definition) is 6. The Balaban J connectivity index is 1.89.